The van der Waals surface area contributed by atoms with Crippen LogP contribution in [0.4, 0.5) is 0 Å². The van der Waals surface area contributed by atoms with Crippen LogP contribution in [0.3, 0.4) is 0 Å². The maximum Gasteiger partial charge on any atom is 0.185 e. The van der Waals surface area contributed by atoms with Crippen LogP contribution in [0.5, 0.6) is 0 Å². The molecule has 82 valence electrons. The topological polar surface area (TPSA) is 56.0 Å². The minimum atomic E-state index is 0.597. The highest BCUT2D eigenvalue weighted by atomic mass is 16.5. The molecule has 0 atom stereocenters. The van der Waals surface area contributed by atoms with Crippen LogP contribution in [0.25, 0.3) is 22.2 Å². The van der Waals surface area contributed by atoms with Crippen molar-refractivity contribution in [1.29, 1.82) is 0 Å². The number of carbonyl (C=O) groups is 1. The first kappa shape index (κ1) is 9.72. The first-order valence-electron chi connectivity index (χ1n) is 5.14. The van der Waals surface area contributed by atoms with Gasteiger partial charge in [-0.2, -0.15) is 0 Å². The predicted molar refractivity (Wildman–Crippen MR) is 62.6 cm³/mol. The van der Waals surface area contributed by atoms with Gasteiger partial charge in [0.15, 0.2) is 11.9 Å². The summed E-state index contributed by atoms with van der Waals surface area (Å²) in [6, 6.07) is 9.11. The predicted octanol–water partition coefficient (Wildman–Crippen LogP) is 2.70. The van der Waals surface area contributed by atoms with Crippen molar-refractivity contribution in [3.8, 4) is 11.3 Å². The smallest absolute Gasteiger partial charge is 0.185 e. The summed E-state index contributed by atoms with van der Waals surface area (Å²) in [7, 11) is 0. The van der Waals surface area contributed by atoms with Gasteiger partial charge in [0.05, 0.1) is 11.6 Å². The third kappa shape index (κ3) is 1.50. The van der Waals surface area contributed by atoms with E-state index in [9.17, 15) is 4.79 Å². The van der Waals surface area contributed by atoms with Crippen molar-refractivity contribution in [3.05, 3.63) is 48.3 Å². The van der Waals surface area contributed by atoms with Crippen molar-refractivity contribution in [1.82, 2.24) is 10.1 Å². The zero-order chi connectivity index (χ0) is 11.7. The second kappa shape index (κ2) is 3.83. The number of pyridine rings is 1. The minimum Gasteiger partial charge on any atom is -0.354 e. The van der Waals surface area contributed by atoms with E-state index in [0.29, 0.717) is 16.8 Å². The molecule has 0 spiro atoms. The highest BCUT2D eigenvalue weighted by Crippen LogP contribution is 2.28. The SMILES string of the molecule is O=Cc1ccccc1-c1noc2cnccc12. The van der Waals surface area contributed by atoms with Crippen molar-refractivity contribution in [2.45, 2.75) is 0 Å². The fourth-order valence-electron chi connectivity index (χ4n) is 1.80. The van der Waals surface area contributed by atoms with E-state index < -0.39 is 0 Å². The van der Waals surface area contributed by atoms with E-state index in [-0.39, 0.29) is 0 Å². The van der Waals surface area contributed by atoms with Crippen LogP contribution in [0.1, 0.15) is 10.4 Å². The number of nitrogens with zero attached hydrogens (tertiary/aromatic N) is 2. The molecule has 0 radical (unpaired) electrons. The molecule has 0 saturated carbocycles. The number of aldehydes is 1. The Hall–Kier alpha value is -2.49. The number of aromatic nitrogens is 2. The third-order valence-electron chi connectivity index (χ3n) is 2.62. The summed E-state index contributed by atoms with van der Waals surface area (Å²) in [4.78, 5) is 14.9. The van der Waals surface area contributed by atoms with E-state index >= 15 is 0 Å². The Balaban J connectivity index is 2.31. The van der Waals surface area contributed by atoms with E-state index in [4.69, 9.17) is 4.52 Å². The van der Waals surface area contributed by atoms with E-state index in [1.807, 2.05) is 24.3 Å². The van der Waals surface area contributed by atoms with Gasteiger partial charge >= 0.3 is 0 Å². The van der Waals surface area contributed by atoms with Gasteiger partial charge in [0, 0.05) is 17.3 Å². The quantitative estimate of drug-likeness (QED) is 0.628. The van der Waals surface area contributed by atoms with Gasteiger partial charge in [-0.25, -0.2) is 0 Å². The molecule has 0 saturated heterocycles. The molecule has 4 heteroatoms. The summed E-state index contributed by atoms with van der Waals surface area (Å²) in [6.07, 6.45) is 4.10. The molecule has 0 aliphatic carbocycles. The summed E-state index contributed by atoms with van der Waals surface area (Å²) >= 11 is 0. The van der Waals surface area contributed by atoms with E-state index in [0.717, 1.165) is 17.2 Å². The van der Waals surface area contributed by atoms with Crippen molar-refractivity contribution < 1.29 is 9.32 Å². The lowest BCUT2D eigenvalue weighted by atomic mass is 10.0. The lowest BCUT2D eigenvalue weighted by molar-refractivity contribution is 0.112. The van der Waals surface area contributed by atoms with Crippen molar-refractivity contribution in [2.24, 2.45) is 0 Å². The van der Waals surface area contributed by atoms with Gasteiger partial charge in [-0.15, -0.1) is 0 Å². The molecule has 0 aliphatic heterocycles. The summed E-state index contributed by atoms with van der Waals surface area (Å²) in [5.41, 5.74) is 2.65. The van der Waals surface area contributed by atoms with Crippen molar-refractivity contribution in [3.63, 3.8) is 0 Å². The molecule has 17 heavy (non-hydrogen) atoms. The van der Waals surface area contributed by atoms with Crippen molar-refractivity contribution in [2.75, 3.05) is 0 Å². The Morgan fingerprint density at radius 2 is 2.06 bits per heavy atom. The molecule has 3 rings (SSSR count). The number of benzene rings is 1. The number of hydrogen-bond acceptors (Lipinski definition) is 4. The molecular formula is C13H8N2O2. The molecular weight excluding hydrogens is 216 g/mol. The molecule has 2 heterocycles. The Bertz CT molecular complexity index is 688. The summed E-state index contributed by atoms with van der Waals surface area (Å²) in [6.45, 7) is 0. The van der Waals surface area contributed by atoms with Crippen LogP contribution < -0.4 is 0 Å². The molecule has 1 aromatic carbocycles. The van der Waals surface area contributed by atoms with Gasteiger partial charge < -0.3 is 4.52 Å². The Morgan fingerprint density at radius 3 is 2.94 bits per heavy atom. The largest absolute Gasteiger partial charge is 0.354 e. The molecule has 0 bridgehead atoms. The molecule has 0 fully saturated rings. The molecule has 0 amide bonds. The van der Waals surface area contributed by atoms with E-state index in [1.54, 1.807) is 18.5 Å². The lowest BCUT2D eigenvalue weighted by Gasteiger charge is -1.99. The molecule has 0 unspecified atom stereocenters. The summed E-state index contributed by atoms with van der Waals surface area (Å²) in [5.74, 6) is 0. The van der Waals surface area contributed by atoms with Crippen LogP contribution in [-0.2, 0) is 0 Å². The average Bonchev–Trinajstić information content (AvgIpc) is 2.82. The zero-order valence-electron chi connectivity index (χ0n) is 8.83. The second-order valence-electron chi connectivity index (χ2n) is 3.61. The second-order valence-corrected chi connectivity index (χ2v) is 3.61. The summed E-state index contributed by atoms with van der Waals surface area (Å²) in [5, 5.41) is 4.86. The molecule has 3 aromatic rings. The van der Waals surface area contributed by atoms with E-state index in [1.165, 1.54) is 0 Å². The summed E-state index contributed by atoms with van der Waals surface area (Å²) < 4.78 is 5.17. The maximum atomic E-state index is 11.0. The van der Waals surface area contributed by atoms with Gasteiger partial charge in [-0.1, -0.05) is 29.4 Å². The molecule has 4 nitrogen and oxygen atoms in total. The maximum absolute atomic E-state index is 11.0. The molecule has 0 aliphatic rings. The zero-order valence-corrected chi connectivity index (χ0v) is 8.83. The van der Waals surface area contributed by atoms with Crippen LogP contribution in [0.2, 0.25) is 0 Å². The monoisotopic (exact) mass is 224 g/mol. The standard InChI is InChI=1S/C13H8N2O2/c16-8-9-3-1-2-4-10(9)13-11-5-6-14-7-12(11)17-15-13/h1-8H. The highest BCUT2D eigenvalue weighted by Gasteiger charge is 2.12. The molecule has 2 aromatic heterocycles. The number of carbonyl (C=O) groups excluding carboxylic acids is 1. The first-order valence-corrected chi connectivity index (χ1v) is 5.14. The number of rotatable bonds is 2. The van der Waals surface area contributed by atoms with Gasteiger partial charge in [0.2, 0.25) is 0 Å². The van der Waals surface area contributed by atoms with Gasteiger partial charge in [0.1, 0.15) is 5.69 Å². The van der Waals surface area contributed by atoms with Gasteiger partial charge in [-0.05, 0) is 6.07 Å². The Kier molecular flexibility index (Phi) is 2.19. The normalized spacial score (nSPS) is 10.6. The number of fused-ring (bicyclic) bond motifs is 1. The fourth-order valence-corrected chi connectivity index (χ4v) is 1.80. The van der Waals surface area contributed by atoms with Crippen LogP contribution >= 0.6 is 0 Å². The Morgan fingerprint density at radius 1 is 1.18 bits per heavy atom. The van der Waals surface area contributed by atoms with Crippen LogP contribution in [0.15, 0.2) is 47.2 Å². The fraction of sp³-hybridized carbons (Fsp3) is 0. The van der Waals surface area contributed by atoms with Crippen LogP contribution in [-0.4, -0.2) is 16.4 Å². The average molecular weight is 224 g/mol. The Labute approximate surface area is 96.9 Å². The first-order chi connectivity index (χ1) is 8.40. The van der Waals surface area contributed by atoms with Gasteiger partial charge in [-0.3, -0.25) is 9.78 Å². The number of hydrogen-bond donors (Lipinski definition) is 0. The van der Waals surface area contributed by atoms with Crippen LogP contribution in [0, 0.1) is 0 Å². The highest BCUT2D eigenvalue weighted by molar-refractivity contribution is 5.96. The third-order valence-corrected chi connectivity index (χ3v) is 2.62. The minimum absolute atomic E-state index is 0.597. The van der Waals surface area contributed by atoms with Gasteiger partial charge in [0.25, 0.3) is 0 Å². The van der Waals surface area contributed by atoms with E-state index in [2.05, 4.69) is 10.1 Å². The van der Waals surface area contributed by atoms with Crippen molar-refractivity contribution >= 4 is 17.3 Å². The molecule has 0 N–H and O–H groups in total. The lowest BCUT2D eigenvalue weighted by Crippen LogP contribution is -1.87.